The molecule has 5 rings (SSSR count). The molecular formula is C22H24BrN3O. The number of anilines is 1. The summed E-state index contributed by atoms with van der Waals surface area (Å²) >= 11 is 3.82. The Morgan fingerprint density at radius 2 is 1.56 bits per heavy atom. The third kappa shape index (κ3) is 2.51. The molecule has 3 fully saturated rings. The Labute approximate surface area is 168 Å². The standard InChI is InChI=1S/C22H24BrN3O/c1-20(2)21(3)13-14-22(20,18(21)23)19(27)24-15-9-11-17(12-10-15)26-25-16-7-5-4-6-8-16/h4-12,18H,13-14H2,1-3H3,(H,24,27). The third-order valence-electron chi connectivity index (χ3n) is 7.14. The highest BCUT2D eigenvalue weighted by molar-refractivity contribution is 9.09. The van der Waals surface area contributed by atoms with E-state index in [0.717, 1.165) is 29.9 Å². The molecule has 27 heavy (non-hydrogen) atoms. The third-order valence-corrected chi connectivity index (χ3v) is 8.93. The zero-order valence-electron chi connectivity index (χ0n) is 15.9. The van der Waals surface area contributed by atoms with Crippen molar-refractivity contribution in [1.82, 2.24) is 0 Å². The molecule has 3 atom stereocenters. The number of benzene rings is 2. The van der Waals surface area contributed by atoms with Crippen molar-refractivity contribution in [3.05, 3.63) is 54.6 Å². The van der Waals surface area contributed by atoms with Gasteiger partial charge >= 0.3 is 0 Å². The van der Waals surface area contributed by atoms with Gasteiger partial charge in [-0.2, -0.15) is 10.2 Å². The minimum atomic E-state index is -0.340. The zero-order chi connectivity index (χ0) is 19.3. The van der Waals surface area contributed by atoms with E-state index in [2.05, 4.69) is 52.2 Å². The monoisotopic (exact) mass is 425 g/mol. The van der Waals surface area contributed by atoms with Gasteiger partial charge in [0.25, 0.3) is 0 Å². The molecule has 1 amide bonds. The first-order valence-electron chi connectivity index (χ1n) is 9.34. The minimum Gasteiger partial charge on any atom is -0.326 e. The number of fused-ring (bicyclic) bond motifs is 1. The lowest BCUT2D eigenvalue weighted by molar-refractivity contribution is -0.155. The highest BCUT2D eigenvalue weighted by atomic mass is 79.9. The number of alkyl halides is 1. The molecule has 0 saturated heterocycles. The van der Waals surface area contributed by atoms with E-state index in [0.29, 0.717) is 0 Å². The molecule has 2 aromatic rings. The fraction of sp³-hybridized carbons (Fsp3) is 0.409. The highest BCUT2D eigenvalue weighted by Crippen LogP contribution is 2.79. The molecule has 0 aliphatic heterocycles. The Hall–Kier alpha value is -2.01. The molecule has 0 radical (unpaired) electrons. The number of halogens is 1. The average Bonchev–Trinajstić information content (AvgIpc) is 3.09. The Balaban J connectivity index is 1.46. The lowest BCUT2D eigenvalue weighted by Gasteiger charge is -2.64. The van der Waals surface area contributed by atoms with Crippen molar-refractivity contribution in [1.29, 1.82) is 0 Å². The number of amides is 1. The van der Waals surface area contributed by atoms with Gasteiger partial charge in [0.2, 0.25) is 5.91 Å². The fourth-order valence-electron chi connectivity index (χ4n) is 4.92. The molecule has 2 aromatic carbocycles. The summed E-state index contributed by atoms with van der Waals surface area (Å²) in [7, 11) is 0. The van der Waals surface area contributed by atoms with Crippen LogP contribution in [0, 0.1) is 16.2 Å². The molecule has 4 nitrogen and oxygen atoms in total. The van der Waals surface area contributed by atoms with Crippen LogP contribution in [0.1, 0.15) is 33.6 Å². The summed E-state index contributed by atoms with van der Waals surface area (Å²) in [5, 5.41) is 11.6. The van der Waals surface area contributed by atoms with Crippen molar-refractivity contribution in [2.24, 2.45) is 26.5 Å². The first-order chi connectivity index (χ1) is 12.8. The van der Waals surface area contributed by atoms with Gasteiger partial charge in [-0.1, -0.05) is 54.9 Å². The van der Waals surface area contributed by atoms with Crippen LogP contribution in [0.25, 0.3) is 0 Å². The van der Waals surface area contributed by atoms with E-state index in [1.165, 1.54) is 0 Å². The number of nitrogens with one attached hydrogen (secondary N) is 1. The predicted molar refractivity (Wildman–Crippen MR) is 112 cm³/mol. The second kappa shape index (κ2) is 6.26. The van der Waals surface area contributed by atoms with Gasteiger partial charge in [0, 0.05) is 10.5 Å². The van der Waals surface area contributed by atoms with E-state index in [4.69, 9.17) is 0 Å². The van der Waals surface area contributed by atoms with Crippen LogP contribution in [0.3, 0.4) is 0 Å². The van der Waals surface area contributed by atoms with Gasteiger partial charge in [0.05, 0.1) is 16.8 Å². The number of carbonyl (C=O) groups is 1. The highest BCUT2D eigenvalue weighted by Gasteiger charge is 2.80. The van der Waals surface area contributed by atoms with Crippen LogP contribution < -0.4 is 5.32 Å². The maximum absolute atomic E-state index is 13.2. The number of hydrogen-bond acceptors (Lipinski definition) is 3. The Bertz CT molecular complexity index is 894. The van der Waals surface area contributed by atoms with Crippen LogP contribution in [0.15, 0.2) is 64.8 Å². The van der Waals surface area contributed by atoms with Crippen molar-refractivity contribution in [3.63, 3.8) is 0 Å². The summed E-state index contributed by atoms with van der Waals surface area (Å²) in [5.41, 5.74) is 2.20. The molecule has 0 heterocycles. The quantitative estimate of drug-likeness (QED) is 0.433. The van der Waals surface area contributed by atoms with E-state index in [9.17, 15) is 4.79 Å². The van der Waals surface area contributed by atoms with Crippen LogP contribution in [0.5, 0.6) is 0 Å². The number of hydrogen-bond donors (Lipinski definition) is 1. The van der Waals surface area contributed by atoms with Crippen LogP contribution in [0.2, 0.25) is 0 Å². The Kier molecular flexibility index (Phi) is 4.26. The molecule has 1 N–H and O–H groups in total. The summed E-state index contributed by atoms with van der Waals surface area (Å²) in [6.45, 7) is 6.74. The smallest absolute Gasteiger partial charge is 0.232 e. The van der Waals surface area contributed by atoms with Gasteiger partial charge in [-0.3, -0.25) is 4.79 Å². The SMILES string of the molecule is CC12CCC(C(=O)Nc3ccc(N=Nc4ccccc4)cc3)(C1Br)C2(C)C. The molecule has 140 valence electrons. The molecule has 3 aliphatic carbocycles. The van der Waals surface area contributed by atoms with Crippen LogP contribution in [-0.2, 0) is 4.79 Å². The molecule has 3 unspecified atom stereocenters. The van der Waals surface area contributed by atoms with Gasteiger partial charge < -0.3 is 5.32 Å². The largest absolute Gasteiger partial charge is 0.326 e. The van der Waals surface area contributed by atoms with Crippen molar-refractivity contribution >= 4 is 38.9 Å². The molecule has 0 aromatic heterocycles. The second-order valence-corrected chi connectivity index (χ2v) is 9.33. The first-order valence-corrected chi connectivity index (χ1v) is 10.3. The van der Waals surface area contributed by atoms with Gasteiger partial charge in [0.15, 0.2) is 0 Å². The maximum atomic E-state index is 13.2. The van der Waals surface area contributed by atoms with Gasteiger partial charge in [-0.15, -0.1) is 0 Å². The zero-order valence-corrected chi connectivity index (χ0v) is 17.5. The molecule has 0 spiro atoms. The molecular weight excluding hydrogens is 402 g/mol. The minimum absolute atomic E-state index is 0.0118. The molecule has 5 heteroatoms. The van der Waals surface area contributed by atoms with Crippen LogP contribution in [-0.4, -0.2) is 10.7 Å². The maximum Gasteiger partial charge on any atom is 0.232 e. The van der Waals surface area contributed by atoms with E-state index in [-0.39, 0.29) is 27.0 Å². The summed E-state index contributed by atoms with van der Waals surface area (Å²) in [5.74, 6) is 0.114. The first kappa shape index (κ1) is 18.4. The summed E-state index contributed by atoms with van der Waals surface area (Å²) in [6, 6.07) is 17.1. The Morgan fingerprint density at radius 1 is 0.963 bits per heavy atom. The summed E-state index contributed by atoms with van der Waals surface area (Å²) in [4.78, 5) is 13.4. The van der Waals surface area contributed by atoms with E-state index >= 15 is 0 Å². The van der Waals surface area contributed by atoms with Gasteiger partial charge in [-0.05, 0) is 60.1 Å². The summed E-state index contributed by atoms with van der Waals surface area (Å²) in [6.07, 6.45) is 2.02. The van der Waals surface area contributed by atoms with E-state index < -0.39 is 0 Å². The summed E-state index contributed by atoms with van der Waals surface area (Å²) < 4.78 is 0. The number of carbonyl (C=O) groups excluding carboxylic acids is 1. The van der Waals surface area contributed by atoms with Crippen LogP contribution >= 0.6 is 15.9 Å². The lowest BCUT2D eigenvalue weighted by Crippen LogP contribution is -2.68. The topological polar surface area (TPSA) is 53.8 Å². The number of rotatable bonds is 4. The van der Waals surface area contributed by atoms with Crippen LogP contribution in [0.4, 0.5) is 17.1 Å². The average molecular weight is 426 g/mol. The number of nitrogens with zero attached hydrogens (tertiary/aromatic N) is 2. The van der Waals surface area contributed by atoms with Gasteiger partial charge in [-0.25, -0.2) is 0 Å². The van der Waals surface area contributed by atoms with Crippen molar-refractivity contribution in [2.75, 3.05) is 5.32 Å². The van der Waals surface area contributed by atoms with Crippen molar-refractivity contribution < 1.29 is 4.79 Å². The normalized spacial score (nSPS) is 30.9. The van der Waals surface area contributed by atoms with Gasteiger partial charge in [0.1, 0.15) is 0 Å². The lowest BCUT2D eigenvalue weighted by atomic mass is 9.43. The number of azo groups is 1. The second-order valence-electron chi connectivity index (χ2n) is 8.41. The van der Waals surface area contributed by atoms with E-state index in [1.807, 2.05) is 54.6 Å². The Morgan fingerprint density at radius 3 is 2.07 bits per heavy atom. The molecule has 2 bridgehead atoms. The van der Waals surface area contributed by atoms with E-state index in [1.54, 1.807) is 0 Å². The predicted octanol–water partition coefficient (Wildman–Crippen LogP) is 6.63. The molecule has 3 aliphatic rings. The molecule has 3 saturated carbocycles. The van der Waals surface area contributed by atoms with Crippen molar-refractivity contribution in [2.45, 2.75) is 38.4 Å². The van der Waals surface area contributed by atoms with Crippen molar-refractivity contribution in [3.8, 4) is 0 Å². The fourth-order valence-corrected chi connectivity index (χ4v) is 6.73.